The summed E-state index contributed by atoms with van der Waals surface area (Å²) in [6.45, 7) is 7.18. The van der Waals surface area contributed by atoms with E-state index in [4.69, 9.17) is 4.74 Å². The molecule has 2 atom stereocenters. The van der Waals surface area contributed by atoms with Crippen molar-refractivity contribution in [2.45, 2.75) is 130 Å². The molecule has 0 saturated carbocycles. The maximum absolute atomic E-state index is 14.2. The van der Waals surface area contributed by atoms with E-state index in [0.717, 1.165) is 36.4 Å². The van der Waals surface area contributed by atoms with Crippen LogP contribution in [0.3, 0.4) is 0 Å². The normalized spacial score (nSPS) is 13.0. The van der Waals surface area contributed by atoms with Crippen LogP contribution in [0.4, 0.5) is 4.39 Å². The maximum Gasteiger partial charge on any atom is 0.159 e. The minimum absolute atomic E-state index is 0.413. The molecule has 0 radical (unpaired) electrons. The van der Waals surface area contributed by atoms with Gasteiger partial charge in [-0.2, -0.15) is 0 Å². The Bertz CT molecular complexity index is 778. The highest BCUT2D eigenvalue weighted by molar-refractivity contribution is 5.55. The van der Waals surface area contributed by atoms with Gasteiger partial charge in [-0.3, -0.25) is 0 Å². The summed E-state index contributed by atoms with van der Waals surface area (Å²) >= 11 is 0. The quantitative estimate of drug-likeness (QED) is 0.161. The average molecular weight is 499 g/mol. The van der Waals surface area contributed by atoms with E-state index in [1.165, 1.54) is 76.2 Å². The van der Waals surface area contributed by atoms with Crippen molar-refractivity contribution in [3.05, 3.63) is 42.2 Å². The first-order valence-corrected chi connectivity index (χ1v) is 14.8. The molecule has 1 aromatic carbocycles. The van der Waals surface area contributed by atoms with E-state index in [-0.39, 0.29) is 0 Å². The zero-order valence-corrected chi connectivity index (χ0v) is 23.3. The van der Waals surface area contributed by atoms with Gasteiger partial charge in [0.2, 0.25) is 0 Å². The summed E-state index contributed by atoms with van der Waals surface area (Å²) in [4.78, 5) is 9.14. The van der Waals surface area contributed by atoms with Crippen molar-refractivity contribution >= 4 is 0 Å². The van der Waals surface area contributed by atoms with Crippen LogP contribution in [-0.4, -0.2) is 22.7 Å². The third kappa shape index (κ3) is 13.4. The lowest BCUT2D eigenvalue weighted by Gasteiger charge is -2.13. The Morgan fingerprint density at radius 1 is 0.722 bits per heavy atom. The van der Waals surface area contributed by atoms with E-state index in [2.05, 4.69) is 30.7 Å². The Hall–Kier alpha value is -1.97. The Kier molecular flexibility index (Phi) is 16.1. The molecule has 2 aromatic rings. The molecule has 0 fully saturated rings. The number of hydrogen-bond donors (Lipinski definition) is 0. The number of alkyl halides is 1. The van der Waals surface area contributed by atoms with Crippen molar-refractivity contribution in [1.82, 2.24) is 9.97 Å². The van der Waals surface area contributed by atoms with E-state index >= 15 is 0 Å². The molecule has 3 nitrogen and oxygen atoms in total. The Morgan fingerprint density at radius 3 is 2.00 bits per heavy atom. The highest BCUT2D eigenvalue weighted by Gasteiger charge is 2.09. The lowest BCUT2D eigenvalue weighted by Crippen LogP contribution is -2.08. The fraction of sp³-hybridized carbons (Fsp3) is 0.688. The molecule has 0 spiro atoms. The fourth-order valence-corrected chi connectivity index (χ4v) is 4.63. The molecular weight excluding hydrogens is 447 g/mol. The molecule has 0 N–H and O–H groups in total. The molecule has 0 aliphatic carbocycles. The molecule has 36 heavy (non-hydrogen) atoms. The monoisotopic (exact) mass is 498 g/mol. The number of unbranched alkanes of at least 4 members (excludes halogenated alkanes) is 8. The van der Waals surface area contributed by atoms with Crippen molar-refractivity contribution in [1.29, 1.82) is 0 Å². The first kappa shape index (κ1) is 30.3. The van der Waals surface area contributed by atoms with Gasteiger partial charge in [-0.15, -0.1) is 0 Å². The van der Waals surface area contributed by atoms with Crippen molar-refractivity contribution in [2.75, 3.05) is 6.61 Å². The topological polar surface area (TPSA) is 35.0 Å². The molecule has 1 heterocycles. The van der Waals surface area contributed by atoms with Gasteiger partial charge < -0.3 is 4.74 Å². The average Bonchev–Trinajstić information content (AvgIpc) is 2.90. The number of rotatable bonds is 21. The summed E-state index contributed by atoms with van der Waals surface area (Å²) in [7, 11) is 0. The predicted octanol–water partition coefficient (Wildman–Crippen LogP) is 9.93. The first-order chi connectivity index (χ1) is 17.6. The number of aromatic nitrogens is 2. The number of nitrogens with zero attached hydrogens (tertiary/aromatic N) is 2. The SMILES string of the molecule is CCCCCCCCCCc1cnc(-c2ccc(OCCC(F)CCCC(C)CCCC)cc2)nc1. The van der Waals surface area contributed by atoms with Crippen LogP contribution in [0.15, 0.2) is 36.7 Å². The van der Waals surface area contributed by atoms with Crippen LogP contribution in [-0.2, 0) is 6.42 Å². The molecule has 0 aliphatic heterocycles. The minimum Gasteiger partial charge on any atom is -0.493 e. The van der Waals surface area contributed by atoms with Gasteiger partial charge in [0.05, 0.1) is 6.61 Å². The Morgan fingerprint density at radius 2 is 1.33 bits per heavy atom. The van der Waals surface area contributed by atoms with E-state index < -0.39 is 6.17 Å². The zero-order chi connectivity index (χ0) is 25.8. The lowest BCUT2D eigenvalue weighted by atomic mass is 9.97. The summed E-state index contributed by atoms with van der Waals surface area (Å²) in [5, 5.41) is 0. The highest BCUT2D eigenvalue weighted by Crippen LogP contribution is 2.21. The summed E-state index contributed by atoms with van der Waals surface area (Å²) in [6, 6.07) is 7.81. The molecule has 2 unspecified atom stereocenters. The summed E-state index contributed by atoms with van der Waals surface area (Å²) in [5.41, 5.74) is 2.18. The second kappa shape index (κ2) is 19.2. The largest absolute Gasteiger partial charge is 0.493 e. The number of halogens is 1. The second-order valence-corrected chi connectivity index (χ2v) is 10.6. The van der Waals surface area contributed by atoms with Gasteiger partial charge in [-0.1, -0.05) is 97.8 Å². The molecule has 4 heteroatoms. The van der Waals surface area contributed by atoms with Gasteiger partial charge in [-0.05, 0) is 55.0 Å². The van der Waals surface area contributed by atoms with Gasteiger partial charge in [0, 0.05) is 24.4 Å². The second-order valence-electron chi connectivity index (χ2n) is 10.6. The van der Waals surface area contributed by atoms with E-state index in [1.54, 1.807) is 0 Å². The molecular formula is C32H51FN2O. The van der Waals surface area contributed by atoms with Crippen molar-refractivity contribution in [2.24, 2.45) is 5.92 Å². The molecule has 2 rings (SSSR count). The fourth-order valence-electron chi connectivity index (χ4n) is 4.63. The minimum atomic E-state index is -0.777. The van der Waals surface area contributed by atoms with Crippen LogP contribution in [0.5, 0.6) is 5.75 Å². The van der Waals surface area contributed by atoms with E-state index in [1.807, 2.05) is 36.7 Å². The zero-order valence-electron chi connectivity index (χ0n) is 23.3. The van der Waals surface area contributed by atoms with Gasteiger partial charge in [0.1, 0.15) is 11.9 Å². The van der Waals surface area contributed by atoms with Crippen molar-refractivity contribution < 1.29 is 9.13 Å². The van der Waals surface area contributed by atoms with Crippen LogP contribution in [0, 0.1) is 5.92 Å². The third-order valence-electron chi connectivity index (χ3n) is 7.10. The van der Waals surface area contributed by atoms with Gasteiger partial charge in [0.25, 0.3) is 0 Å². The van der Waals surface area contributed by atoms with Crippen LogP contribution >= 0.6 is 0 Å². The van der Waals surface area contributed by atoms with Crippen molar-refractivity contribution in [3.8, 4) is 17.1 Å². The van der Waals surface area contributed by atoms with E-state index in [9.17, 15) is 4.39 Å². The van der Waals surface area contributed by atoms with Crippen LogP contribution in [0.25, 0.3) is 11.4 Å². The highest BCUT2D eigenvalue weighted by atomic mass is 19.1. The van der Waals surface area contributed by atoms with Gasteiger partial charge in [-0.25, -0.2) is 14.4 Å². The number of hydrogen-bond acceptors (Lipinski definition) is 3. The Labute approximate surface area is 220 Å². The molecule has 0 aliphatic rings. The van der Waals surface area contributed by atoms with Crippen molar-refractivity contribution in [3.63, 3.8) is 0 Å². The van der Waals surface area contributed by atoms with E-state index in [0.29, 0.717) is 25.4 Å². The Balaban J connectivity index is 1.61. The first-order valence-electron chi connectivity index (χ1n) is 14.8. The predicted molar refractivity (Wildman–Crippen MR) is 151 cm³/mol. The molecule has 0 saturated heterocycles. The van der Waals surface area contributed by atoms with Crippen LogP contribution in [0.2, 0.25) is 0 Å². The van der Waals surface area contributed by atoms with Crippen LogP contribution < -0.4 is 4.74 Å². The number of aryl methyl sites for hydroxylation is 1. The standard InChI is InChI=1S/C32H51FN2O/c1-4-6-8-9-10-11-12-13-17-28-25-34-32(35-26-28)29-19-21-31(22-20-29)36-24-23-30(33)18-14-16-27(3)15-7-5-2/h19-22,25-27,30H,4-18,23-24H2,1-3H3. The third-order valence-corrected chi connectivity index (χ3v) is 7.10. The maximum atomic E-state index is 14.2. The summed E-state index contributed by atoms with van der Waals surface area (Å²) in [6.07, 6.45) is 21.8. The van der Waals surface area contributed by atoms with Gasteiger partial charge in [0.15, 0.2) is 5.82 Å². The molecule has 1 aromatic heterocycles. The number of benzene rings is 1. The summed E-state index contributed by atoms with van der Waals surface area (Å²) < 4.78 is 20.0. The smallest absolute Gasteiger partial charge is 0.159 e. The summed E-state index contributed by atoms with van der Waals surface area (Å²) in [5.74, 6) is 2.21. The molecule has 0 amide bonds. The van der Waals surface area contributed by atoms with Gasteiger partial charge >= 0.3 is 0 Å². The lowest BCUT2D eigenvalue weighted by molar-refractivity contribution is 0.220. The molecule has 0 bridgehead atoms. The number of ether oxygens (including phenoxy) is 1. The van der Waals surface area contributed by atoms with Crippen LogP contribution in [0.1, 0.15) is 123 Å². The molecule has 202 valence electrons.